The fourth-order valence-electron chi connectivity index (χ4n) is 1.83. The molecule has 106 valence electrons. The Hall–Kier alpha value is -1.59. The second-order valence-electron chi connectivity index (χ2n) is 4.34. The summed E-state index contributed by atoms with van der Waals surface area (Å²) in [6.07, 6.45) is 0.142. The third-order valence-electron chi connectivity index (χ3n) is 2.89. The van der Waals surface area contributed by atoms with Gasteiger partial charge in [-0.3, -0.25) is 0 Å². The molecule has 2 aromatic rings. The lowest BCUT2D eigenvalue weighted by Gasteiger charge is -2.14. The van der Waals surface area contributed by atoms with E-state index < -0.39 is 29.3 Å². The standard InChI is InChI=1S/C14H10ClF4N/c15-10-6-9(16)2-1-7(10)5-13(20)8-3-11(17)14(19)12(18)4-8/h1-4,6,13H,5,20H2. The van der Waals surface area contributed by atoms with Gasteiger partial charge < -0.3 is 5.73 Å². The molecule has 0 saturated heterocycles. The fourth-order valence-corrected chi connectivity index (χ4v) is 2.08. The molecule has 0 aliphatic heterocycles. The monoisotopic (exact) mass is 303 g/mol. The van der Waals surface area contributed by atoms with Crippen molar-refractivity contribution in [2.24, 2.45) is 5.73 Å². The van der Waals surface area contributed by atoms with Gasteiger partial charge in [-0.2, -0.15) is 0 Å². The van der Waals surface area contributed by atoms with E-state index in [-0.39, 0.29) is 17.0 Å². The van der Waals surface area contributed by atoms with Crippen molar-refractivity contribution in [2.45, 2.75) is 12.5 Å². The van der Waals surface area contributed by atoms with Gasteiger partial charge in [-0.1, -0.05) is 17.7 Å². The molecule has 0 aliphatic carbocycles. The van der Waals surface area contributed by atoms with Gasteiger partial charge in [0, 0.05) is 11.1 Å². The van der Waals surface area contributed by atoms with Crippen molar-refractivity contribution in [1.29, 1.82) is 0 Å². The highest BCUT2D eigenvalue weighted by Gasteiger charge is 2.16. The van der Waals surface area contributed by atoms with E-state index in [4.69, 9.17) is 17.3 Å². The van der Waals surface area contributed by atoms with E-state index in [1.807, 2.05) is 0 Å². The Morgan fingerprint density at radius 1 is 1.00 bits per heavy atom. The van der Waals surface area contributed by atoms with Gasteiger partial charge in [0.05, 0.1) is 0 Å². The minimum absolute atomic E-state index is 0.0989. The zero-order valence-corrected chi connectivity index (χ0v) is 10.9. The van der Waals surface area contributed by atoms with E-state index in [9.17, 15) is 17.6 Å². The summed E-state index contributed by atoms with van der Waals surface area (Å²) in [5, 5.41) is 0.170. The molecule has 20 heavy (non-hydrogen) atoms. The Balaban J connectivity index is 2.26. The van der Waals surface area contributed by atoms with Crippen LogP contribution in [-0.2, 0) is 6.42 Å². The van der Waals surface area contributed by atoms with Gasteiger partial charge >= 0.3 is 0 Å². The molecule has 0 heterocycles. The summed E-state index contributed by atoms with van der Waals surface area (Å²) in [6, 6.07) is 4.65. The Morgan fingerprint density at radius 3 is 2.15 bits per heavy atom. The summed E-state index contributed by atoms with van der Waals surface area (Å²) >= 11 is 5.85. The summed E-state index contributed by atoms with van der Waals surface area (Å²) < 4.78 is 52.0. The summed E-state index contributed by atoms with van der Waals surface area (Å²) in [6.45, 7) is 0. The summed E-state index contributed by atoms with van der Waals surface area (Å²) in [5.74, 6) is -4.65. The maximum Gasteiger partial charge on any atom is 0.194 e. The first-order valence-corrected chi connectivity index (χ1v) is 6.10. The second-order valence-corrected chi connectivity index (χ2v) is 4.75. The van der Waals surface area contributed by atoms with Crippen LogP contribution in [0.3, 0.4) is 0 Å². The van der Waals surface area contributed by atoms with Gasteiger partial charge in [-0.25, -0.2) is 17.6 Å². The van der Waals surface area contributed by atoms with Crippen molar-refractivity contribution < 1.29 is 17.6 Å². The highest BCUT2D eigenvalue weighted by molar-refractivity contribution is 6.31. The van der Waals surface area contributed by atoms with Gasteiger partial charge in [-0.05, 0) is 41.8 Å². The van der Waals surface area contributed by atoms with Crippen LogP contribution in [0.25, 0.3) is 0 Å². The lowest BCUT2D eigenvalue weighted by atomic mass is 9.99. The molecule has 0 fully saturated rings. The largest absolute Gasteiger partial charge is 0.324 e. The molecule has 1 nitrogen and oxygen atoms in total. The van der Waals surface area contributed by atoms with Crippen LogP contribution in [0.2, 0.25) is 5.02 Å². The molecule has 0 spiro atoms. The number of hydrogen-bond acceptors (Lipinski definition) is 1. The lowest BCUT2D eigenvalue weighted by Crippen LogP contribution is -2.15. The van der Waals surface area contributed by atoms with E-state index in [0.29, 0.717) is 5.56 Å². The first-order chi connectivity index (χ1) is 9.38. The Morgan fingerprint density at radius 2 is 1.60 bits per heavy atom. The van der Waals surface area contributed by atoms with Crippen molar-refractivity contribution in [3.63, 3.8) is 0 Å². The van der Waals surface area contributed by atoms with Gasteiger partial charge in [0.25, 0.3) is 0 Å². The van der Waals surface area contributed by atoms with Crippen LogP contribution >= 0.6 is 11.6 Å². The van der Waals surface area contributed by atoms with Crippen LogP contribution in [0.1, 0.15) is 17.2 Å². The average molecular weight is 304 g/mol. The molecule has 1 atom stereocenters. The predicted molar refractivity (Wildman–Crippen MR) is 68.4 cm³/mol. The average Bonchev–Trinajstić information content (AvgIpc) is 2.38. The molecule has 2 rings (SSSR count). The number of benzene rings is 2. The van der Waals surface area contributed by atoms with Crippen molar-refractivity contribution in [3.8, 4) is 0 Å². The highest BCUT2D eigenvalue weighted by atomic mass is 35.5. The molecule has 0 amide bonds. The van der Waals surface area contributed by atoms with E-state index >= 15 is 0 Å². The van der Waals surface area contributed by atoms with Crippen LogP contribution in [0.4, 0.5) is 17.6 Å². The number of hydrogen-bond donors (Lipinski definition) is 1. The molecule has 6 heteroatoms. The third-order valence-corrected chi connectivity index (χ3v) is 3.24. The molecule has 1 unspecified atom stereocenters. The maximum absolute atomic E-state index is 13.1. The van der Waals surface area contributed by atoms with Gasteiger partial charge in [0.2, 0.25) is 0 Å². The van der Waals surface area contributed by atoms with E-state index in [1.54, 1.807) is 0 Å². The van der Waals surface area contributed by atoms with Crippen LogP contribution in [0.5, 0.6) is 0 Å². The summed E-state index contributed by atoms with van der Waals surface area (Å²) in [4.78, 5) is 0. The minimum Gasteiger partial charge on any atom is -0.324 e. The molecule has 2 N–H and O–H groups in total. The smallest absolute Gasteiger partial charge is 0.194 e. The molecular weight excluding hydrogens is 294 g/mol. The summed E-state index contributed by atoms with van der Waals surface area (Å²) in [7, 11) is 0. The summed E-state index contributed by atoms with van der Waals surface area (Å²) in [5.41, 5.74) is 6.45. The molecule has 0 bridgehead atoms. The second kappa shape index (κ2) is 5.81. The first-order valence-electron chi connectivity index (χ1n) is 5.72. The van der Waals surface area contributed by atoms with Crippen molar-refractivity contribution in [3.05, 3.63) is 69.8 Å². The molecule has 0 aromatic heterocycles. The first kappa shape index (κ1) is 14.8. The minimum atomic E-state index is -1.54. The molecule has 0 aliphatic rings. The van der Waals surface area contributed by atoms with Crippen LogP contribution in [0, 0.1) is 23.3 Å². The molecular formula is C14H10ClF4N. The number of nitrogens with two attached hydrogens (primary N) is 1. The van der Waals surface area contributed by atoms with Crippen molar-refractivity contribution >= 4 is 11.6 Å². The Kier molecular flexibility index (Phi) is 4.30. The fraction of sp³-hybridized carbons (Fsp3) is 0.143. The molecule has 0 saturated carbocycles. The quantitative estimate of drug-likeness (QED) is 0.669. The normalized spacial score (nSPS) is 12.5. The zero-order chi connectivity index (χ0) is 14.9. The molecule has 2 aromatic carbocycles. The van der Waals surface area contributed by atoms with E-state index in [1.165, 1.54) is 12.1 Å². The predicted octanol–water partition coefficient (Wildman–Crippen LogP) is 4.14. The van der Waals surface area contributed by atoms with Crippen molar-refractivity contribution in [2.75, 3.05) is 0 Å². The SMILES string of the molecule is NC(Cc1ccc(F)cc1Cl)c1cc(F)c(F)c(F)c1. The van der Waals surface area contributed by atoms with Crippen LogP contribution in [0.15, 0.2) is 30.3 Å². The van der Waals surface area contributed by atoms with Crippen LogP contribution in [-0.4, -0.2) is 0 Å². The Labute approximate surface area is 118 Å². The topological polar surface area (TPSA) is 26.0 Å². The number of halogens is 5. The van der Waals surface area contributed by atoms with E-state index in [2.05, 4.69) is 0 Å². The molecule has 0 radical (unpaired) electrons. The van der Waals surface area contributed by atoms with Crippen LogP contribution < -0.4 is 5.73 Å². The lowest BCUT2D eigenvalue weighted by molar-refractivity contribution is 0.443. The van der Waals surface area contributed by atoms with Gasteiger partial charge in [-0.15, -0.1) is 0 Å². The number of rotatable bonds is 3. The maximum atomic E-state index is 13.1. The third kappa shape index (κ3) is 3.11. The van der Waals surface area contributed by atoms with Crippen molar-refractivity contribution in [1.82, 2.24) is 0 Å². The van der Waals surface area contributed by atoms with Gasteiger partial charge in [0.15, 0.2) is 17.5 Å². The Bertz CT molecular complexity index is 622. The van der Waals surface area contributed by atoms with Gasteiger partial charge in [0.1, 0.15) is 5.82 Å². The van der Waals surface area contributed by atoms with E-state index in [0.717, 1.165) is 18.2 Å². The zero-order valence-electron chi connectivity index (χ0n) is 10.1. The highest BCUT2D eigenvalue weighted by Crippen LogP contribution is 2.25.